The molecular weight excluding hydrogens is 359 g/mol. The van der Waals surface area contributed by atoms with E-state index in [1.165, 1.54) is 12.3 Å². The molecule has 3 aromatic rings. The Hall–Kier alpha value is -2.93. The summed E-state index contributed by atoms with van der Waals surface area (Å²) < 4.78 is 15.6. The lowest BCUT2D eigenvalue weighted by Gasteiger charge is -2.10. The summed E-state index contributed by atoms with van der Waals surface area (Å²) in [7, 11) is 0. The maximum Gasteiger partial charge on any atom is 0.279 e. The Labute approximate surface area is 154 Å². The van der Waals surface area contributed by atoms with Crippen LogP contribution in [0.1, 0.15) is 29.4 Å². The summed E-state index contributed by atoms with van der Waals surface area (Å²) in [5.74, 6) is -1.56. The van der Waals surface area contributed by atoms with E-state index in [2.05, 4.69) is 15.6 Å². The van der Waals surface area contributed by atoms with Crippen molar-refractivity contribution in [2.75, 3.05) is 10.6 Å². The lowest BCUT2D eigenvalue weighted by molar-refractivity contribution is -0.115. The summed E-state index contributed by atoms with van der Waals surface area (Å²) in [6.07, 6.45) is 1.72. The Morgan fingerprint density at radius 2 is 2.00 bits per heavy atom. The first kappa shape index (κ1) is 17.9. The van der Waals surface area contributed by atoms with E-state index in [9.17, 15) is 14.0 Å². The van der Waals surface area contributed by atoms with Gasteiger partial charge in [0.05, 0.1) is 5.02 Å². The van der Waals surface area contributed by atoms with Crippen LogP contribution in [0.3, 0.4) is 0 Å². The number of aryl methyl sites for hydroxylation is 1. The number of anilines is 2. The van der Waals surface area contributed by atoms with Crippen LogP contribution < -0.4 is 10.6 Å². The second kappa shape index (κ2) is 7.13. The van der Waals surface area contributed by atoms with Crippen molar-refractivity contribution < 1.29 is 14.0 Å². The fourth-order valence-electron chi connectivity index (χ4n) is 2.45. The van der Waals surface area contributed by atoms with E-state index in [0.29, 0.717) is 22.8 Å². The lowest BCUT2D eigenvalue weighted by atomic mass is 10.1. The monoisotopic (exact) mass is 374 g/mol. The molecule has 0 saturated heterocycles. The van der Waals surface area contributed by atoms with Crippen molar-refractivity contribution in [2.45, 2.75) is 20.3 Å². The number of rotatable bonds is 4. The van der Waals surface area contributed by atoms with E-state index in [4.69, 9.17) is 11.6 Å². The summed E-state index contributed by atoms with van der Waals surface area (Å²) in [5.41, 5.74) is 1.81. The van der Waals surface area contributed by atoms with Crippen LogP contribution in [0.5, 0.6) is 0 Å². The third-order valence-electron chi connectivity index (χ3n) is 3.82. The number of amides is 2. The summed E-state index contributed by atoms with van der Waals surface area (Å²) in [6, 6.07) is 8.12. The van der Waals surface area contributed by atoms with Crippen LogP contribution in [0, 0.1) is 12.9 Å². The number of pyridine rings is 1. The number of fused-ring (bicyclic) bond motifs is 1. The average molecular weight is 375 g/mol. The number of carbonyl (C=O) groups is 2. The Bertz CT molecular complexity index is 1020. The highest BCUT2D eigenvalue weighted by molar-refractivity contribution is 6.30. The maximum absolute atomic E-state index is 14.4. The number of hydrogen-bond donors (Lipinski definition) is 2. The van der Waals surface area contributed by atoms with E-state index >= 15 is 0 Å². The lowest BCUT2D eigenvalue weighted by Crippen LogP contribution is -2.15. The van der Waals surface area contributed by atoms with Crippen molar-refractivity contribution in [2.24, 2.45) is 0 Å². The van der Waals surface area contributed by atoms with E-state index in [1.54, 1.807) is 38.1 Å². The number of halogens is 2. The molecule has 8 heteroatoms. The Kier molecular flexibility index (Phi) is 4.90. The Morgan fingerprint density at radius 1 is 1.23 bits per heavy atom. The first-order valence-electron chi connectivity index (χ1n) is 7.94. The van der Waals surface area contributed by atoms with Gasteiger partial charge in [-0.15, -0.1) is 0 Å². The van der Waals surface area contributed by atoms with Crippen molar-refractivity contribution in [1.82, 2.24) is 9.38 Å². The number of hydrogen-bond acceptors (Lipinski definition) is 3. The van der Waals surface area contributed by atoms with Gasteiger partial charge < -0.3 is 10.6 Å². The van der Waals surface area contributed by atoms with Gasteiger partial charge in [0, 0.05) is 24.0 Å². The van der Waals surface area contributed by atoms with Gasteiger partial charge in [-0.1, -0.05) is 18.5 Å². The summed E-state index contributed by atoms with van der Waals surface area (Å²) in [5, 5.41) is 5.71. The number of aromatic nitrogens is 2. The molecule has 0 unspecified atom stereocenters. The quantitative estimate of drug-likeness (QED) is 0.723. The molecule has 2 amide bonds. The van der Waals surface area contributed by atoms with Crippen molar-refractivity contribution in [3.8, 4) is 0 Å². The number of imidazole rings is 1. The van der Waals surface area contributed by atoms with Gasteiger partial charge in [0.25, 0.3) is 5.91 Å². The van der Waals surface area contributed by atoms with Gasteiger partial charge in [-0.25, -0.2) is 4.98 Å². The van der Waals surface area contributed by atoms with E-state index in [0.717, 1.165) is 9.96 Å². The van der Waals surface area contributed by atoms with Crippen LogP contribution in [0.4, 0.5) is 15.8 Å². The largest absolute Gasteiger partial charge is 0.326 e. The van der Waals surface area contributed by atoms with Gasteiger partial charge >= 0.3 is 0 Å². The van der Waals surface area contributed by atoms with E-state index in [-0.39, 0.29) is 17.2 Å². The van der Waals surface area contributed by atoms with Crippen LogP contribution >= 0.6 is 11.6 Å². The minimum absolute atomic E-state index is 0.105. The molecule has 2 aromatic heterocycles. The third-order valence-corrected chi connectivity index (χ3v) is 4.04. The fraction of sp³-hybridized carbons (Fsp3) is 0.167. The van der Waals surface area contributed by atoms with Gasteiger partial charge in [0.15, 0.2) is 5.69 Å². The smallest absolute Gasteiger partial charge is 0.279 e. The molecule has 0 radical (unpaired) electrons. The fourth-order valence-corrected chi connectivity index (χ4v) is 2.61. The third kappa shape index (κ3) is 3.52. The first-order chi connectivity index (χ1) is 12.4. The van der Waals surface area contributed by atoms with Crippen LogP contribution in [-0.4, -0.2) is 21.2 Å². The number of carbonyl (C=O) groups excluding carboxylic acids is 2. The summed E-state index contributed by atoms with van der Waals surface area (Å²) in [6.45, 7) is 3.53. The minimum atomic E-state index is -0.788. The highest BCUT2D eigenvalue weighted by Gasteiger charge is 2.20. The second-order valence-electron chi connectivity index (χ2n) is 5.71. The average Bonchev–Trinajstić information content (AvgIpc) is 2.93. The number of nitrogens with one attached hydrogen (secondary N) is 2. The molecule has 2 heterocycles. The van der Waals surface area contributed by atoms with Gasteiger partial charge in [-0.2, -0.15) is 4.39 Å². The van der Waals surface area contributed by atoms with Crippen molar-refractivity contribution in [3.63, 3.8) is 0 Å². The molecule has 0 saturated carbocycles. The predicted molar refractivity (Wildman–Crippen MR) is 98.2 cm³/mol. The normalized spacial score (nSPS) is 10.8. The molecule has 3 rings (SSSR count). The standard InChI is InChI=1S/C18H16ClFN4O2/c1-3-15(25)21-12-5-6-13(10(2)8-12)22-18(26)16-17(20)24-9-11(19)4-7-14(24)23-16/h4-9H,3H2,1-2H3,(H,21,25)(H,22,26). The molecule has 0 atom stereocenters. The zero-order valence-electron chi connectivity index (χ0n) is 14.1. The first-order valence-corrected chi connectivity index (χ1v) is 8.31. The van der Waals surface area contributed by atoms with E-state index in [1.807, 2.05) is 0 Å². The van der Waals surface area contributed by atoms with Crippen LogP contribution in [0.15, 0.2) is 36.5 Å². The number of benzene rings is 1. The molecule has 0 aliphatic heterocycles. The molecule has 0 fully saturated rings. The molecule has 2 N–H and O–H groups in total. The van der Waals surface area contributed by atoms with Crippen molar-refractivity contribution >= 4 is 40.4 Å². The van der Waals surface area contributed by atoms with Gasteiger partial charge in [0.2, 0.25) is 11.9 Å². The Balaban J connectivity index is 1.84. The zero-order chi connectivity index (χ0) is 18.8. The summed E-state index contributed by atoms with van der Waals surface area (Å²) in [4.78, 5) is 27.9. The highest BCUT2D eigenvalue weighted by atomic mass is 35.5. The molecular formula is C18H16ClFN4O2. The number of nitrogens with zero attached hydrogens (tertiary/aromatic N) is 2. The van der Waals surface area contributed by atoms with Crippen LogP contribution in [-0.2, 0) is 4.79 Å². The van der Waals surface area contributed by atoms with Crippen molar-refractivity contribution in [3.05, 3.63) is 58.8 Å². The molecule has 0 aliphatic carbocycles. The highest BCUT2D eigenvalue weighted by Crippen LogP contribution is 2.22. The minimum Gasteiger partial charge on any atom is -0.326 e. The topological polar surface area (TPSA) is 75.5 Å². The molecule has 0 aliphatic rings. The van der Waals surface area contributed by atoms with Crippen LogP contribution in [0.25, 0.3) is 5.65 Å². The molecule has 0 bridgehead atoms. The SMILES string of the molecule is CCC(=O)Nc1ccc(NC(=O)c2nc3ccc(Cl)cn3c2F)c(C)c1. The maximum atomic E-state index is 14.4. The molecule has 26 heavy (non-hydrogen) atoms. The van der Waals surface area contributed by atoms with Gasteiger partial charge in [-0.3, -0.25) is 14.0 Å². The summed E-state index contributed by atoms with van der Waals surface area (Å²) >= 11 is 5.85. The zero-order valence-corrected chi connectivity index (χ0v) is 14.9. The van der Waals surface area contributed by atoms with Gasteiger partial charge in [0.1, 0.15) is 5.65 Å². The van der Waals surface area contributed by atoms with E-state index < -0.39 is 11.9 Å². The second-order valence-corrected chi connectivity index (χ2v) is 6.15. The molecule has 6 nitrogen and oxygen atoms in total. The van der Waals surface area contributed by atoms with Crippen LogP contribution in [0.2, 0.25) is 5.02 Å². The van der Waals surface area contributed by atoms with Crippen molar-refractivity contribution in [1.29, 1.82) is 0 Å². The Morgan fingerprint density at radius 3 is 2.69 bits per heavy atom. The predicted octanol–water partition coefficient (Wildman–Crippen LogP) is 4.04. The molecule has 1 aromatic carbocycles. The molecule has 0 spiro atoms. The van der Waals surface area contributed by atoms with Gasteiger partial charge in [-0.05, 0) is 42.8 Å². The molecule has 134 valence electrons.